The summed E-state index contributed by atoms with van der Waals surface area (Å²) >= 11 is 1.49. The van der Waals surface area contributed by atoms with Gasteiger partial charge in [0.25, 0.3) is 0 Å². The number of ketones is 1. The van der Waals surface area contributed by atoms with Gasteiger partial charge in [-0.25, -0.2) is 9.97 Å². The second-order valence-electron chi connectivity index (χ2n) is 5.08. The number of nitrogens with zero attached hydrogens (tertiary/aromatic N) is 2. The highest BCUT2D eigenvalue weighted by Crippen LogP contribution is 2.29. The molecule has 0 unspecified atom stereocenters. The number of rotatable bonds is 4. The summed E-state index contributed by atoms with van der Waals surface area (Å²) < 4.78 is 0. The lowest BCUT2D eigenvalue weighted by atomic mass is 10.1. The van der Waals surface area contributed by atoms with Crippen LogP contribution in [0.5, 0.6) is 0 Å². The number of para-hydroxylation sites is 1. The van der Waals surface area contributed by atoms with Gasteiger partial charge < -0.3 is 0 Å². The Morgan fingerprint density at radius 1 is 1.00 bits per heavy atom. The molecule has 2 aromatic carbocycles. The number of Topliss-reactive ketones (excluding diaryl/α,β-unsaturated/α-hetero) is 1. The third-order valence-corrected chi connectivity index (χ3v) is 4.50. The average Bonchev–Trinajstić information content (AvgIpc) is 2.54. The van der Waals surface area contributed by atoms with Gasteiger partial charge >= 0.3 is 0 Å². The first-order chi connectivity index (χ1) is 10.6. The zero-order valence-corrected chi connectivity index (χ0v) is 13.3. The molecule has 0 bridgehead atoms. The van der Waals surface area contributed by atoms with Crippen molar-refractivity contribution in [2.24, 2.45) is 0 Å². The SMILES string of the molecule is Cc1nc(S[C@@H](C)C(=O)c2ccccc2)c2ccccc2n1. The summed E-state index contributed by atoms with van der Waals surface area (Å²) in [7, 11) is 0. The van der Waals surface area contributed by atoms with Crippen molar-refractivity contribution in [3.05, 3.63) is 66.0 Å². The Morgan fingerprint density at radius 3 is 2.45 bits per heavy atom. The van der Waals surface area contributed by atoms with Crippen LogP contribution < -0.4 is 0 Å². The topological polar surface area (TPSA) is 42.9 Å². The van der Waals surface area contributed by atoms with Crippen molar-refractivity contribution in [1.29, 1.82) is 0 Å². The van der Waals surface area contributed by atoms with Gasteiger partial charge in [-0.1, -0.05) is 60.3 Å². The number of carbonyl (C=O) groups excluding carboxylic acids is 1. The lowest BCUT2D eigenvalue weighted by molar-refractivity contribution is 0.0994. The van der Waals surface area contributed by atoms with Crippen LogP contribution in [0, 0.1) is 6.92 Å². The van der Waals surface area contributed by atoms with Gasteiger partial charge in [0.1, 0.15) is 10.9 Å². The van der Waals surface area contributed by atoms with E-state index in [4.69, 9.17) is 0 Å². The number of aryl methyl sites for hydroxylation is 1. The molecular formula is C18H16N2OS. The van der Waals surface area contributed by atoms with Crippen LogP contribution in [0.25, 0.3) is 10.9 Å². The molecule has 0 saturated carbocycles. The number of thioether (sulfide) groups is 1. The summed E-state index contributed by atoms with van der Waals surface area (Å²) in [6.07, 6.45) is 0. The molecule has 110 valence electrons. The smallest absolute Gasteiger partial charge is 0.175 e. The Bertz CT molecular complexity index is 818. The first kappa shape index (κ1) is 14.7. The largest absolute Gasteiger partial charge is 0.293 e. The standard InChI is InChI=1S/C18H16N2OS/c1-12(17(21)14-8-4-3-5-9-14)22-18-15-10-6-7-11-16(15)19-13(2)20-18/h3-12H,1-2H3/t12-/m0/s1. The lowest BCUT2D eigenvalue weighted by Crippen LogP contribution is -2.13. The molecule has 0 amide bonds. The van der Waals surface area contributed by atoms with Crippen LogP contribution in [-0.2, 0) is 0 Å². The summed E-state index contributed by atoms with van der Waals surface area (Å²) in [5.41, 5.74) is 1.65. The summed E-state index contributed by atoms with van der Waals surface area (Å²) in [5, 5.41) is 1.66. The molecule has 0 aliphatic carbocycles. The van der Waals surface area contributed by atoms with Gasteiger partial charge in [0.15, 0.2) is 5.78 Å². The summed E-state index contributed by atoms with van der Waals surface area (Å²) in [4.78, 5) is 21.5. The van der Waals surface area contributed by atoms with E-state index in [0.29, 0.717) is 0 Å². The Morgan fingerprint density at radius 2 is 1.68 bits per heavy atom. The normalized spacial score (nSPS) is 12.3. The third-order valence-electron chi connectivity index (χ3n) is 3.40. The van der Waals surface area contributed by atoms with Gasteiger partial charge in [0.05, 0.1) is 10.8 Å². The summed E-state index contributed by atoms with van der Waals surface area (Å²) in [5.74, 6) is 0.839. The van der Waals surface area contributed by atoms with E-state index in [9.17, 15) is 4.79 Å². The molecule has 1 aromatic heterocycles. The number of benzene rings is 2. The molecule has 4 heteroatoms. The van der Waals surface area contributed by atoms with Crippen LogP contribution in [0.2, 0.25) is 0 Å². The van der Waals surface area contributed by atoms with E-state index in [1.165, 1.54) is 11.8 Å². The van der Waals surface area contributed by atoms with E-state index in [1.54, 1.807) is 0 Å². The van der Waals surface area contributed by atoms with Gasteiger partial charge in [-0.15, -0.1) is 0 Å². The van der Waals surface area contributed by atoms with Crippen LogP contribution in [0.1, 0.15) is 23.1 Å². The van der Waals surface area contributed by atoms with Crippen LogP contribution in [-0.4, -0.2) is 21.0 Å². The molecular weight excluding hydrogens is 292 g/mol. The van der Waals surface area contributed by atoms with Crippen LogP contribution >= 0.6 is 11.8 Å². The molecule has 1 heterocycles. The van der Waals surface area contributed by atoms with Gasteiger partial charge in [0.2, 0.25) is 0 Å². The fraction of sp³-hybridized carbons (Fsp3) is 0.167. The summed E-state index contributed by atoms with van der Waals surface area (Å²) in [6.45, 7) is 3.80. The van der Waals surface area contributed by atoms with Crippen molar-refractivity contribution in [2.45, 2.75) is 24.1 Å². The lowest BCUT2D eigenvalue weighted by Gasteiger charge is -2.12. The number of hydrogen-bond acceptors (Lipinski definition) is 4. The van der Waals surface area contributed by atoms with E-state index in [1.807, 2.05) is 68.4 Å². The minimum Gasteiger partial charge on any atom is -0.293 e. The predicted octanol–water partition coefficient (Wildman–Crippen LogP) is 4.30. The fourth-order valence-corrected chi connectivity index (χ4v) is 3.37. The van der Waals surface area contributed by atoms with Gasteiger partial charge in [0, 0.05) is 10.9 Å². The number of carbonyl (C=O) groups is 1. The minimum absolute atomic E-state index is 0.117. The monoisotopic (exact) mass is 308 g/mol. The van der Waals surface area contributed by atoms with Crippen LogP contribution in [0.3, 0.4) is 0 Å². The highest BCUT2D eigenvalue weighted by molar-refractivity contribution is 8.00. The zero-order chi connectivity index (χ0) is 15.5. The second-order valence-corrected chi connectivity index (χ2v) is 6.41. The molecule has 0 radical (unpaired) electrons. The molecule has 0 fully saturated rings. The van der Waals surface area contributed by atoms with E-state index in [0.717, 1.165) is 27.3 Å². The molecule has 0 N–H and O–H groups in total. The highest BCUT2D eigenvalue weighted by Gasteiger charge is 2.18. The molecule has 0 saturated heterocycles. The molecule has 3 nitrogen and oxygen atoms in total. The Balaban J connectivity index is 1.91. The van der Waals surface area contributed by atoms with E-state index in [2.05, 4.69) is 9.97 Å². The highest BCUT2D eigenvalue weighted by atomic mass is 32.2. The maximum Gasteiger partial charge on any atom is 0.175 e. The molecule has 0 spiro atoms. The van der Waals surface area contributed by atoms with Crippen molar-refractivity contribution in [1.82, 2.24) is 9.97 Å². The number of hydrogen-bond donors (Lipinski definition) is 0. The van der Waals surface area contributed by atoms with E-state index in [-0.39, 0.29) is 11.0 Å². The van der Waals surface area contributed by atoms with Gasteiger partial charge in [-0.05, 0) is 19.9 Å². The van der Waals surface area contributed by atoms with Crippen molar-refractivity contribution in [2.75, 3.05) is 0 Å². The molecule has 22 heavy (non-hydrogen) atoms. The molecule has 3 rings (SSSR count). The quantitative estimate of drug-likeness (QED) is 0.409. The second kappa shape index (κ2) is 6.28. The average molecular weight is 308 g/mol. The molecule has 1 atom stereocenters. The minimum atomic E-state index is -0.194. The maximum absolute atomic E-state index is 12.5. The summed E-state index contributed by atoms with van der Waals surface area (Å²) in [6, 6.07) is 17.3. The molecule has 0 aliphatic heterocycles. The number of aromatic nitrogens is 2. The van der Waals surface area contributed by atoms with Crippen LogP contribution in [0.15, 0.2) is 59.6 Å². The van der Waals surface area contributed by atoms with Crippen LogP contribution in [0.4, 0.5) is 0 Å². The Kier molecular flexibility index (Phi) is 4.20. The van der Waals surface area contributed by atoms with Gasteiger partial charge in [-0.2, -0.15) is 0 Å². The predicted molar refractivity (Wildman–Crippen MR) is 90.4 cm³/mol. The van der Waals surface area contributed by atoms with Crippen molar-refractivity contribution in [3.63, 3.8) is 0 Å². The molecule has 0 aliphatic rings. The fourth-order valence-electron chi connectivity index (χ4n) is 2.31. The third kappa shape index (κ3) is 3.02. The zero-order valence-electron chi connectivity index (χ0n) is 12.5. The number of fused-ring (bicyclic) bond motifs is 1. The van der Waals surface area contributed by atoms with Crippen molar-refractivity contribution < 1.29 is 4.79 Å². The van der Waals surface area contributed by atoms with Gasteiger partial charge in [-0.3, -0.25) is 4.79 Å². The van der Waals surface area contributed by atoms with E-state index >= 15 is 0 Å². The van der Waals surface area contributed by atoms with E-state index < -0.39 is 0 Å². The van der Waals surface area contributed by atoms with Crippen molar-refractivity contribution >= 4 is 28.4 Å². The maximum atomic E-state index is 12.5. The van der Waals surface area contributed by atoms with Crippen molar-refractivity contribution in [3.8, 4) is 0 Å². The first-order valence-electron chi connectivity index (χ1n) is 7.14. The first-order valence-corrected chi connectivity index (χ1v) is 8.02. The Hall–Kier alpha value is -2.20. The Labute approximate surface area is 133 Å². The molecule has 3 aromatic rings.